The van der Waals surface area contributed by atoms with E-state index >= 15 is 0 Å². The van der Waals surface area contributed by atoms with E-state index < -0.39 is 0 Å². The van der Waals surface area contributed by atoms with Crippen LogP contribution in [0.15, 0.2) is 0 Å². The Morgan fingerprint density at radius 1 is 0.842 bits per heavy atom. The SMILES string of the molecule is C[C@]12CCC(=O)N[C@@H]1CC[C@@H]1[C@@H]2CC[C@]2(C)[C@@H](C(=O)N(C(=S)NC3CCCCC3)C3CCCCC3)CC[C@@H]12. The van der Waals surface area contributed by atoms with Gasteiger partial charge < -0.3 is 10.6 Å². The lowest BCUT2D eigenvalue weighted by Crippen LogP contribution is -2.61. The van der Waals surface area contributed by atoms with E-state index in [2.05, 4.69) is 29.4 Å². The highest BCUT2D eigenvalue weighted by Gasteiger charge is 2.62. The molecule has 38 heavy (non-hydrogen) atoms. The Bertz CT molecular complexity index is 928. The van der Waals surface area contributed by atoms with Crippen LogP contribution in [0.4, 0.5) is 0 Å². The molecule has 2 N–H and O–H groups in total. The maximum atomic E-state index is 14.6. The first-order chi connectivity index (χ1) is 18.3. The summed E-state index contributed by atoms with van der Waals surface area (Å²) in [6, 6.07) is 1.06. The van der Waals surface area contributed by atoms with E-state index in [4.69, 9.17) is 12.2 Å². The van der Waals surface area contributed by atoms with Gasteiger partial charge in [-0.2, -0.15) is 0 Å². The van der Waals surface area contributed by atoms with Crippen LogP contribution in [0.25, 0.3) is 0 Å². The molecule has 0 unspecified atom stereocenters. The summed E-state index contributed by atoms with van der Waals surface area (Å²) in [6.07, 6.45) is 20.7. The standard InChI is InChI=1S/C32H51N3O2S/c1-31-19-17-25-23(13-16-27-32(25,2)20-18-28(36)34-27)24(31)14-15-26(31)29(37)35(22-11-7-4-8-12-22)30(38)33-21-9-5-3-6-10-21/h21-27H,3-20H2,1-2H3,(H,33,38)(H,34,36)/t23-,24-,25-,26+,27+,31-,32+/m0/s1. The smallest absolute Gasteiger partial charge is 0.232 e. The molecule has 7 atom stereocenters. The van der Waals surface area contributed by atoms with Crippen LogP contribution in [0.1, 0.15) is 129 Å². The predicted octanol–water partition coefficient (Wildman–Crippen LogP) is 6.49. The van der Waals surface area contributed by atoms with E-state index in [1.165, 1.54) is 70.6 Å². The van der Waals surface area contributed by atoms with Crippen molar-refractivity contribution in [3.8, 4) is 0 Å². The van der Waals surface area contributed by atoms with E-state index in [1.54, 1.807) is 0 Å². The molecular weight excluding hydrogens is 490 g/mol. The number of carbonyl (C=O) groups excluding carboxylic acids is 2. The fraction of sp³-hybridized carbons (Fsp3) is 0.906. The number of rotatable bonds is 3. The molecule has 0 spiro atoms. The lowest BCUT2D eigenvalue weighted by Gasteiger charge is -2.60. The Balaban J connectivity index is 1.21. The minimum Gasteiger partial charge on any atom is -0.359 e. The van der Waals surface area contributed by atoms with Crippen molar-refractivity contribution in [3.05, 3.63) is 0 Å². The van der Waals surface area contributed by atoms with Crippen molar-refractivity contribution in [1.82, 2.24) is 15.5 Å². The molecule has 5 aliphatic carbocycles. The normalized spacial score (nSPS) is 41.8. The number of thiocarbonyl (C=S) groups is 1. The van der Waals surface area contributed by atoms with E-state index in [0.717, 1.165) is 43.6 Å². The van der Waals surface area contributed by atoms with Gasteiger partial charge in [0.1, 0.15) is 0 Å². The molecule has 5 nitrogen and oxygen atoms in total. The molecule has 6 fully saturated rings. The third-order valence-electron chi connectivity index (χ3n) is 12.7. The minimum atomic E-state index is 0.0761. The van der Waals surface area contributed by atoms with Crippen LogP contribution in [0.3, 0.4) is 0 Å². The summed E-state index contributed by atoms with van der Waals surface area (Å²) in [5, 5.41) is 7.79. The number of nitrogens with zero attached hydrogens (tertiary/aromatic N) is 1. The van der Waals surface area contributed by atoms with Crippen LogP contribution < -0.4 is 10.6 Å². The highest BCUT2D eigenvalue weighted by atomic mass is 32.1. The fourth-order valence-corrected chi connectivity index (χ4v) is 11.0. The van der Waals surface area contributed by atoms with Gasteiger partial charge in [0, 0.05) is 30.5 Å². The second kappa shape index (κ2) is 10.7. The van der Waals surface area contributed by atoms with E-state index in [9.17, 15) is 9.59 Å². The van der Waals surface area contributed by atoms with Crippen molar-refractivity contribution >= 4 is 29.1 Å². The fourth-order valence-electron chi connectivity index (χ4n) is 10.6. The van der Waals surface area contributed by atoms with Gasteiger partial charge in [0.25, 0.3) is 0 Å². The molecule has 0 aromatic rings. The van der Waals surface area contributed by atoms with Gasteiger partial charge in [-0.25, -0.2) is 0 Å². The summed E-state index contributed by atoms with van der Waals surface area (Å²) in [7, 11) is 0. The molecule has 0 aromatic heterocycles. The van der Waals surface area contributed by atoms with Crippen LogP contribution in [-0.2, 0) is 9.59 Å². The van der Waals surface area contributed by atoms with Crippen molar-refractivity contribution in [2.75, 3.05) is 0 Å². The van der Waals surface area contributed by atoms with Crippen molar-refractivity contribution in [1.29, 1.82) is 0 Å². The Kier molecular flexibility index (Phi) is 7.59. The second-order valence-electron chi connectivity index (χ2n) is 14.5. The van der Waals surface area contributed by atoms with Gasteiger partial charge in [0.05, 0.1) is 0 Å². The summed E-state index contributed by atoms with van der Waals surface area (Å²) < 4.78 is 0. The number of carbonyl (C=O) groups is 2. The Morgan fingerprint density at radius 3 is 2.26 bits per heavy atom. The number of hydrogen-bond donors (Lipinski definition) is 2. The molecular formula is C32H51N3O2S. The van der Waals surface area contributed by atoms with Crippen molar-refractivity contribution < 1.29 is 9.59 Å². The van der Waals surface area contributed by atoms with Gasteiger partial charge in [-0.1, -0.05) is 52.4 Å². The molecule has 0 bridgehead atoms. The van der Waals surface area contributed by atoms with Crippen LogP contribution in [0.2, 0.25) is 0 Å². The Morgan fingerprint density at radius 2 is 1.53 bits per heavy atom. The number of amides is 2. The highest BCUT2D eigenvalue weighted by molar-refractivity contribution is 7.80. The Hall–Kier alpha value is -1.17. The zero-order valence-electron chi connectivity index (χ0n) is 23.9. The largest absolute Gasteiger partial charge is 0.359 e. The molecule has 1 saturated heterocycles. The monoisotopic (exact) mass is 541 g/mol. The predicted molar refractivity (Wildman–Crippen MR) is 155 cm³/mol. The van der Waals surface area contributed by atoms with Crippen LogP contribution in [-0.4, -0.2) is 40.0 Å². The lowest BCUT2D eigenvalue weighted by atomic mass is 9.47. The van der Waals surface area contributed by atoms with Gasteiger partial charge in [-0.3, -0.25) is 14.5 Å². The average Bonchev–Trinajstić information content (AvgIpc) is 3.27. The lowest BCUT2D eigenvalue weighted by molar-refractivity contribution is -0.146. The van der Waals surface area contributed by atoms with Crippen molar-refractivity contribution in [3.63, 3.8) is 0 Å². The van der Waals surface area contributed by atoms with Gasteiger partial charge >= 0.3 is 0 Å². The first-order valence-corrected chi connectivity index (χ1v) is 16.6. The zero-order valence-corrected chi connectivity index (χ0v) is 24.8. The molecule has 1 heterocycles. The Labute approximate surface area is 236 Å². The van der Waals surface area contributed by atoms with Gasteiger partial charge in [0.2, 0.25) is 11.8 Å². The van der Waals surface area contributed by atoms with E-state index in [-0.39, 0.29) is 28.7 Å². The highest BCUT2D eigenvalue weighted by Crippen LogP contribution is 2.65. The molecule has 0 aromatic carbocycles. The quantitative estimate of drug-likeness (QED) is 0.401. The number of nitrogens with one attached hydrogen (secondary N) is 2. The number of hydrogen-bond acceptors (Lipinski definition) is 3. The summed E-state index contributed by atoms with van der Waals surface area (Å²) >= 11 is 6.07. The number of piperidine rings is 1. The molecule has 6 heteroatoms. The molecule has 6 aliphatic rings. The molecule has 1 aliphatic heterocycles. The molecule has 212 valence electrons. The third-order valence-corrected chi connectivity index (χ3v) is 13.0. The van der Waals surface area contributed by atoms with E-state index in [1.807, 2.05) is 0 Å². The second-order valence-corrected chi connectivity index (χ2v) is 14.9. The minimum absolute atomic E-state index is 0.0761. The van der Waals surface area contributed by atoms with Crippen LogP contribution >= 0.6 is 12.2 Å². The van der Waals surface area contributed by atoms with Crippen LogP contribution in [0, 0.1) is 34.5 Å². The van der Waals surface area contributed by atoms with Crippen molar-refractivity contribution in [2.45, 2.75) is 148 Å². The summed E-state index contributed by atoms with van der Waals surface area (Å²) in [5.41, 5.74) is 0.298. The first-order valence-electron chi connectivity index (χ1n) is 16.2. The van der Waals surface area contributed by atoms with Gasteiger partial charge in [-0.15, -0.1) is 0 Å². The average molecular weight is 542 g/mol. The zero-order chi connectivity index (χ0) is 26.5. The molecule has 2 amide bonds. The maximum absolute atomic E-state index is 14.6. The topological polar surface area (TPSA) is 61.4 Å². The summed E-state index contributed by atoms with van der Waals surface area (Å²) in [4.78, 5) is 28.9. The maximum Gasteiger partial charge on any atom is 0.232 e. The van der Waals surface area contributed by atoms with Gasteiger partial charge in [-0.05, 0) is 111 Å². The molecule has 6 rings (SSSR count). The van der Waals surface area contributed by atoms with Crippen molar-refractivity contribution in [2.24, 2.45) is 34.5 Å². The first kappa shape index (κ1) is 27.0. The molecule has 5 saturated carbocycles. The number of fused-ring (bicyclic) bond motifs is 5. The third kappa shape index (κ3) is 4.63. The summed E-state index contributed by atoms with van der Waals surface area (Å²) in [6.45, 7) is 4.94. The summed E-state index contributed by atoms with van der Waals surface area (Å²) in [5.74, 6) is 2.68. The van der Waals surface area contributed by atoms with Gasteiger partial charge in [0.15, 0.2) is 5.11 Å². The molecule has 0 radical (unpaired) electrons. The van der Waals surface area contributed by atoms with E-state index in [0.29, 0.717) is 42.2 Å². The van der Waals surface area contributed by atoms with Crippen LogP contribution in [0.5, 0.6) is 0 Å².